The van der Waals surface area contributed by atoms with Crippen molar-refractivity contribution in [2.24, 2.45) is 0 Å². The van der Waals surface area contributed by atoms with Crippen molar-refractivity contribution in [1.82, 2.24) is 20.4 Å². The number of para-hydroxylation sites is 1. The minimum absolute atomic E-state index is 0.0379. The maximum Gasteiger partial charge on any atom is 0.234 e. The number of likely N-dealkylation sites (tertiary alicyclic amines) is 1. The number of anilines is 1. The van der Waals surface area contributed by atoms with E-state index >= 15 is 0 Å². The number of rotatable bonds is 12. The monoisotopic (exact) mass is 569 g/mol. The molecule has 0 bridgehead atoms. The summed E-state index contributed by atoms with van der Waals surface area (Å²) in [5.41, 5.74) is 7.51. The SMILES string of the molecule is Cc1ccc(C[C@@H](CN2CCN(c3ccccc3CN3CCCC3O)CC2)NC(=O)CNCc2ccccc2C)cc1. The zero-order valence-electron chi connectivity index (χ0n) is 25.3. The maximum atomic E-state index is 13.0. The zero-order valence-corrected chi connectivity index (χ0v) is 25.3. The quantitative estimate of drug-likeness (QED) is 0.308. The Hall–Kier alpha value is -3.23. The van der Waals surface area contributed by atoms with Crippen molar-refractivity contribution in [3.05, 3.63) is 101 Å². The molecule has 0 spiro atoms. The van der Waals surface area contributed by atoms with E-state index in [1.807, 2.05) is 12.1 Å². The Morgan fingerprint density at radius 3 is 2.33 bits per heavy atom. The third kappa shape index (κ3) is 8.42. The molecular formula is C35H47N5O2. The second-order valence-electron chi connectivity index (χ2n) is 12.0. The van der Waals surface area contributed by atoms with E-state index in [2.05, 4.69) is 99.8 Å². The fraction of sp³-hybridized carbons (Fsp3) is 0.457. The van der Waals surface area contributed by atoms with E-state index in [-0.39, 0.29) is 18.2 Å². The summed E-state index contributed by atoms with van der Waals surface area (Å²) in [6, 6.07) is 25.6. The molecule has 2 aliphatic rings. The van der Waals surface area contributed by atoms with E-state index < -0.39 is 0 Å². The number of hydrogen-bond donors (Lipinski definition) is 3. The summed E-state index contributed by atoms with van der Waals surface area (Å²) in [7, 11) is 0. The first-order valence-corrected chi connectivity index (χ1v) is 15.5. The van der Waals surface area contributed by atoms with E-state index in [1.54, 1.807) is 0 Å². The van der Waals surface area contributed by atoms with E-state index in [4.69, 9.17) is 0 Å². The van der Waals surface area contributed by atoms with Gasteiger partial charge >= 0.3 is 0 Å². The van der Waals surface area contributed by atoms with Gasteiger partial charge in [-0.1, -0.05) is 72.3 Å². The van der Waals surface area contributed by atoms with Gasteiger partial charge in [-0.3, -0.25) is 14.6 Å². The molecule has 0 radical (unpaired) electrons. The topological polar surface area (TPSA) is 71.1 Å². The Morgan fingerprint density at radius 1 is 0.905 bits per heavy atom. The Morgan fingerprint density at radius 2 is 1.62 bits per heavy atom. The van der Waals surface area contributed by atoms with Crippen molar-refractivity contribution >= 4 is 11.6 Å². The molecule has 0 saturated carbocycles. The predicted octanol–water partition coefficient (Wildman–Crippen LogP) is 3.86. The number of piperazine rings is 1. The second-order valence-corrected chi connectivity index (χ2v) is 12.0. The lowest BCUT2D eigenvalue weighted by molar-refractivity contribution is -0.121. The molecule has 42 heavy (non-hydrogen) atoms. The first kappa shape index (κ1) is 30.2. The Bertz CT molecular complexity index is 1290. The van der Waals surface area contributed by atoms with Crippen LogP contribution in [0.25, 0.3) is 0 Å². The fourth-order valence-electron chi connectivity index (χ4n) is 6.22. The molecule has 5 rings (SSSR count). The van der Waals surface area contributed by atoms with E-state index in [0.29, 0.717) is 13.1 Å². The first-order valence-electron chi connectivity index (χ1n) is 15.5. The molecule has 7 heteroatoms. The summed E-state index contributed by atoms with van der Waals surface area (Å²) in [5, 5.41) is 17.0. The van der Waals surface area contributed by atoms with E-state index in [1.165, 1.54) is 33.5 Å². The van der Waals surface area contributed by atoms with Crippen molar-refractivity contribution in [1.29, 1.82) is 0 Å². The lowest BCUT2D eigenvalue weighted by atomic mass is 10.0. The summed E-state index contributed by atoms with van der Waals surface area (Å²) < 4.78 is 0. The molecule has 1 amide bonds. The van der Waals surface area contributed by atoms with E-state index in [9.17, 15) is 9.90 Å². The van der Waals surface area contributed by atoms with Crippen LogP contribution in [0.1, 0.15) is 40.7 Å². The number of amides is 1. The molecule has 7 nitrogen and oxygen atoms in total. The number of benzene rings is 3. The van der Waals surface area contributed by atoms with Gasteiger partial charge in [-0.05, 0) is 61.4 Å². The van der Waals surface area contributed by atoms with Gasteiger partial charge in [0.2, 0.25) is 5.91 Å². The van der Waals surface area contributed by atoms with Crippen LogP contribution in [-0.4, -0.2) is 78.9 Å². The Balaban J connectivity index is 1.17. The maximum absolute atomic E-state index is 13.0. The third-order valence-corrected chi connectivity index (χ3v) is 8.72. The lowest BCUT2D eigenvalue weighted by Gasteiger charge is -2.39. The van der Waals surface area contributed by atoms with Crippen molar-refractivity contribution in [2.45, 2.75) is 58.5 Å². The average molecular weight is 570 g/mol. The number of nitrogens with zero attached hydrogens (tertiary/aromatic N) is 3. The number of carbonyl (C=O) groups excluding carboxylic acids is 1. The van der Waals surface area contributed by atoms with Gasteiger partial charge in [-0.15, -0.1) is 0 Å². The van der Waals surface area contributed by atoms with Crippen LogP contribution in [0.3, 0.4) is 0 Å². The zero-order chi connectivity index (χ0) is 29.3. The number of carbonyl (C=O) groups is 1. The van der Waals surface area contributed by atoms with Crippen molar-refractivity contribution in [2.75, 3.05) is 50.7 Å². The fourth-order valence-corrected chi connectivity index (χ4v) is 6.22. The van der Waals surface area contributed by atoms with Crippen LogP contribution in [0.4, 0.5) is 5.69 Å². The molecule has 2 fully saturated rings. The molecule has 2 saturated heterocycles. The molecule has 0 aromatic heterocycles. The highest BCUT2D eigenvalue weighted by atomic mass is 16.3. The normalized spacial score (nSPS) is 18.7. The van der Waals surface area contributed by atoms with Crippen LogP contribution < -0.4 is 15.5 Å². The van der Waals surface area contributed by atoms with Gasteiger partial charge in [0.1, 0.15) is 6.23 Å². The summed E-state index contributed by atoms with van der Waals surface area (Å²) >= 11 is 0. The number of aryl methyl sites for hydroxylation is 2. The lowest BCUT2D eigenvalue weighted by Crippen LogP contribution is -2.53. The number of nitrogens with one attached hydrogen (secondary N) is 2. The van der Waals surface area contributed by atoms with Gasteiger partial charge in [0.15, 0.2) is 0 Å². The summed E-state index contributed by atoms with van der Waals surface area (Å²) in [6.07, 6.45) is 2.41. The predicted molar refractivity (Wildman–Crippen MR) is 170 cm³/mol. The van der Waals surface area contributed by atoms with Gasteiger partial charge in [0.05, 0.1) is 6.54 Å². The number of aliphatic hydroxyl groups is 1. The van der Waals surface area contributed by atoms with Crippen molar-refractivity contribution in [3.8, 4) is 0 Å². The smallest absolute Gasteiger partial charge is 0.234 e. The molecule has 3 aromatic rings. The van der Waals surface area contributed by atoms with Gasteiger partial charge in [0, 0.05) is 64.1 Å². The number of hydrogen-bond acceptors (Lipinski definition) is 6. The number of aliphatic hydroxyl groups excluding tert-OH is 1. The first-order chi connectivity index (χ1) is 20.4. The van der Waals surface area contributed by atoms with Gasteiger partial charge in [0.25, 0.3) is 0 Å². The van der Waals surface area contributed by atoms with Crippen LogP contribution in [0.5, 0.6) is 0 Å². The standard InChI is InChI=1S/C35H47N5O2/c1-27-13-15-29(16-14-27)22-32(37-34(41)24-36-23-30-9-4-3-8-28(30)2)26-38-18-20-39(21-19-38)33-11-6-5-10-31(33)25-40-17-7-12-35(40)42/h3-6,8-11,13-16,32,35-36,42H,7,12,17-26H2,1-2H3,(H,37,41)/t32-,35?/m0/s1. The van der Waals surface area contributed by atoms with Crippen molar-refractivity contribution in [3.63, 3.8) is 0 Å². The van der Waals surface area contributed by atoms with Gasteiger partial charge in [-0.2, -0.15) is 0 Å². The van der Waals surface area contributed by atoms with Gasteiger partial charge in [-0.25, -0.2) is 0 Å². The average Bonchev–Trinajstić information content (AvgIpc) is 3.40. The molecule has 0 aliphatic carbocycles. The molecular weight excluding hydrogens is 522 g/mol. The van der Waals surface area contributed by atoms with Crippen LogP contribution in [0, 0.1) is 13.8 Å². The highest BCUT2D eigenvalue weighted by Crippen LogP contribution is 2.26. The second kappa shape index (κ2) is 14.8. The largest absolute Gasteiger partial charge is 0.378 e. The van der Waals surface area contributed by atoms with Crippen LogP contribution in [0.2, 0.25) is 0 Å². The molecule has 2 atom stereocenters. The Labute approximate surface area is 251 Å². The highest BCUT2D eigenvalue weighted by molar-refractivity contribution is 5.78. The highest BCUT2D eigenvalue weighted by Gasteiger charge is 2.26. The minimum atomic E-state index is -0.326. The van der Waals surface area contributed by atoms with Crippen LogP contribution >= 0.6 is 0 Å². The van der Waals surface area contributed by atoms with Gasteiger partial charge < -0.3 is 20.6 Å². The van der Waals surface area contributed by atoms with E-state index in [0.717, 1.165) is 65.1 Å². The molecule has 2 aliphatic heterocycles. The Kier molecular flexibility index (Phi) is 10.6. The minimum Gasteiger partial charge on any atom is -0.378 e. The summed E-state index contributed by atoms with van der Waals surface area (Å²) in [5.74, 6) is 0.0392. The summed E-state index contributed by atoms with van der Waals surface area (Å²) in [6.45, 7) is 11.6. The molecule has 2 heterocycles. The summed E-state index contributed by atoms with van der Waals surface area (Å²) in [4.78, 5) is 20.2. The van der Waals surface area contributed by atoms with Crippen molar-refractivity contribution < 1.29 is 9.90 Å². The molecule has 3 aromatic carbocycles. The van der Waals surface area contributed by atoms with Crippen LogP contribution in [-0.2, 0) is 24.3 Å². The van der Waals surface area contributed by atoms with Crippen LogP contribution in [0.15, 0.2) is 72.8 Å². The molecule has 224 valence electrons. The third-order valence-electron chi connectivity index (χ3n) is 8.72. The molecule has 3 N–H and O–H groups in total. The molecule has 1 unspecified atom stereocenters.